The molecule has 2 aromatic carbocycles. The van der Waals surface area contributed by atoms with Gasteiger partial charge in [-0.05, 0) is 57.1 Å². The second-order valence-electron chi connectivity index (χ2n) is 9.58. The zero-order chi connectivity index (χ0) is 28.4. The minimum Gasteiger partial charge on any atom is -0.493 e. The van der Waals surface area contributed by atoms with E-state index >= 15 is 0 Å². The van der Waals surface area contributed by atoms with Crippen LogP contribution in [0.15, 0.2) is 59.5 Å². The van der Waals surface area contributed by atoms with E-state index in [9.17, 15) is 23.3 Å². The number of anilines is 1. The Hall–Kier alpha value is -3.48. The highest BCUT2D eigenvalue weighted by molar-refractivity contribution is 7.85. The Morgan fingerprint density at radius 2 is 1.87 bits per heavy atom. The molecule has 4 N–H and O–H groups in total. The zero-order valence-corrected chi connectivity index (χ0v) is 22.8. The molecule has 1 heterocycles. The first-order chi connectivity index (χ1) is 18.6. The first kappa shape index (κ1) is 30.1. The first-order valence-electron chi connectivity index (χ1n) is 13.0. The molecule has 1 fully saturated rings. The number of nitro benzene ring substituents is 1. The summed E-state index contributed by atoms with van der Waals surface area (Å²) >= 11 is 0. The number of ether oxygens (including phenoxy) is 1. The minimum atomic E-state index is -4.00. The summed E-state index contributed by atoms with van der Waals surface area (Å²) in [7, 11) is -4.00. The van der Waals surface area contributed by atoms with Crippen molar-refractivity contribution in [3.05, 3.63) is 70.3 Å². The predicted molar refractivity (Wildman–Crippen MR) is 148 cm³/mol. The normalized spacial score (nSPS) is 18.1. The molecule has 2 aromatic rings. The fourth-order valence-electron chi connectivity index (χ4n) is 4.70. The van der Waals surface area contributed by atoms with Gasteiger partial charge in [-0.1, -0.05) is 30.4 Å². The Morgan fingerprint density at radius 1 is 1.18 bits per heavy atom. The van der Waals surface area contributed by atoms with Gasteiger partial charge in [0.15, 0.2) is 0 Å². The number of hydrogen-bond donors (Lipinski definition) is 3. The van der Waals surface area contributed by atoms with Gasteiger partial charge in [0.2, 0.25) is 0 Å². The molecule has 11 nitrogen and oxygen atoms in total. The molecule has 1 aliphatic heterocycles. The van der Waals surface area contributed by atoms with Crippen LogP contribution in [0.3, 0.4) is 0 Å². The van der Waals surface area contributed by atoms with E-state index in [1.165, 1.54) is 37.1 Å². The van der Waals surface area contributed by atoms with E-state index in [4.69, 9.17) is 15.0 Å². The van der Waals surface area contributed by atoms with E-state index in [2.05, 4.69) is 22.4 Å². The molecular weight excluding hydrogens is 524 g/mol. The largest absolute Gasteiger partial charge is 0.493 e. The number of hydrogen-bond acceptors (Lipinski definition) is 8. The summed E-state index contributed by atoms with van der Waals surface area (Å²) in [5, 5.41) is 14.2. The second kappa shape index (κ2) is 14.1. The van der Waals surface area contributed by atoms with Crippen LogP contribution in [0.2, 0.25) is 0 Å². The summed E-state index contributed by atoms with van der Waals surface area (Å²) in [5.41, 5.74) is 5.60. The van der Waals surface area contributed by atoms with Gasteiger partial charge < -0.3 is 20.7 Å². The molecule has 0 radical (unpaired) electrons. The number of nitrogens with one attached hydrogen (secondary N) is 1. The average Bonchev–Trinajstić information content (AvgIpc) is 2.91. The smallest absolute Gasteiger partial charge is 0.294 e. The molecular formula is C27H36N4O7S. The van der Waals surface area contributed by atoms with Gasteiger partial charge in [0.05, 0.1) is 22.0 Å². The van der Waals surface area contributed by atoms with Gasteiger partial charge in [0, 0.05) is 37.8 Å². The van der Waals surface area contributed by atoms with Crippen molar-refractivity contribution in [1.82, 2.24) is 10.2 Å². The van der Waals surface area contributed by atoms with Crippen LogP contribution in [-0.4, -0.2) is 61.0 Å². The number of carbonyl (C=O) groups excluding carboxylic acids is 1. The van der Waals surface area contributed by atoms with E-state index in [1.54, 1.807) is 25.1 Å². The summed E-state index contributed by atoms with van der Waals surface area (Å²) < 4.78 is 34.7. The number of nitrogens with two attached hydrogens (primary N) is 1. The molecule has 39 heavy (non-hydrogen) atoms. The maximum atomic E-state index is 12.8. The fraction of sp³-hybridized carbons (Fsp3) is 0.444. The molecule has 212 valence electrons. The van der Waals surface area contributed by atoms with E-state index in [0.717, 1.165) is 44.8 Å². The molecule has 1 atom stereocenters. The molecule has 12 heteroatoms. The second-order valence-corrected chi connectivity index (χ2v) is 11.0. The Balaban J connectivity index is 0.000000353. The number of rotatable bonds is 8. The number of nitro groups is 1. The predicted octanol–water partition coefficient (Wildman–Crippen LogP) is 4.06. The highest BCUT2D eigenvalue weighted by atomic mass is 32.2. The standard InChI is InChI=1S/C21H30N4O4.C6H6O3S/c1-2-29-20-13-18(22)19(25(27)28)12-17(20)21(26)23-16-8-10-24(11-9-16)14-15-6-4-3-5-7-15;7-10(8,9)6-4-2-1-3-5-6/h3-4,12-13,15-16H,2,5-11,14,22H2,1H3,(H,23,26);1-5H,(H,7,8,9). The topological polar surface area (TPSA) is 165 Å². The number of allylic oxidation sites excluding steroid dienone is 2. The van der Waals surface area contributed by atoms with Gasteiger partial charge in [-0.2, -0.15) is 8.42 Å². The van der Waals surface area contributed by atoms with Gasteiger partial charge in [-0.15, -0.1) is 0 Å². The van der Waals surface area contributed by atoms with E-state index in [-0.39, 0.29) is 39.5 Å². The number of likely N-dealkylation sites (tertiary alicyclic amines) is 1. The lowest BCUT2D eigenvalue weighted by Crippen LogP contribution is -2.45. The molecule has 1 unspecified atom stereocenters. The van der Waals surface area contributed by atoms with E-state index < -0.39 is 15.0 Å². The zero-order valence-electron chi connectivity index (χ0n) is 22.0. The van der Waals surface area contributed by atoms with E-state index in [1.807, 2.05) is 0 Å². The van der Waals surface area contributed by atoms with Crippen molar-refractivity contribution in [2.45, 2.75) is 50.0 Å². The number of carbonyl (C=O) groups is 1. The van der Waals surface area contributed by atoms with Gasteiger partial charge in [-0.3, -0.25) is 19.5 Å². The van der Waals surface area contributed by atoms with E-state index in [0.29, 0.717) is 6.61 Å². The van der Waals surface area contributed by atoms with Crippen molar-refractivity contribution >= 4 is 27.4 Å². The van der Waals surface area contributed by atoms with Gasteiger partial charge in [0.25, 0.3) is 21.7 Å². The molecule has 1 amide bonds. The highest BCUT2D eigenvalue weighted by Crippen LogP contribution is 2.31. The van der Waals surface area contributed by atoms with Crippen LogP contribution < -0.4 is 15.8 Å². The van der Waals surface area contributed by atoms with Crippen molar-refractivity contribution in [2.24, 2.45) is 5.92 Å². The van der Waals surface area contributed by atoms with Gasteiger partial charge in [-0.25, -0.2) is 0 Å². The van der Waals surface area contributed by atoms with Crippen molar-refractivity contribution in [3.8, 4) is 5.75 Å². The first-order valence-corrected chi connectivity index (χ1v) is 14.4. The van der Waals surface area contributed by atoms with Crippen LogP contribution in [0.25, 0.3) is 0 Å². The molecule has 4 rings (SSSR count). The van der Waals surface area contributed by atoms with Gasteiger partial charge in [0.1, 0.15) is 11.4 Å². The number of benzene rings is 2. The molecule has 2 aliphatic rings. The number of nitrogens with zero attached hydrogens (tertiary/aromatic N) is 2. The van der Waals surface area contributed by atoms with Gasteiger partial charge >= 0.3 is 0 Å². The Labute approximate surface area is 228 Å². The fourth-order valence-corrected chi connectivity index (χ4v) is 5.20. The number of amides is 1. The van der Waals surface area contributed by atoms with Crippen LogP contribution in [-0.2, 0) is 10.1 Å². The maximum Gasteiger partial charge on any atom is 0.294 e. The molecule has 0 bridgehead atoms. The minimum absolute atomic E-state index is 0.0131. The van der Waals surface area contributed by atoms with Crippen LogP contribution in [0.4, 0.5) is 11.4 Å². The summed E-state index contributed by atoms with van der Waals surface area (Å²) in [5.74, 6) is 0.651. The van der Waals surface area contributed by atoms with Crippen molar-refractivity contribution in [3.63, 3.8) is 0 Å². The number of piperidine rings is 1. The monoisotopic (exact) mass is 560 g/mol. The van der Waals surface area contributed by atoms with Crippen molar-refractivity contribution in [1.29, 1.82) is 0 Å². The van der Waals surface area contributed by atoms with Crippen molar-refractivity contribution < 1.29 is 27.4 Å². The molecule has 0 spiro atoms. The molecule has 0 saturated carbocycles. The molecule has 1 aliphatic carbocycles. The van der Waals surface area contributed by atoms with Crippen LogP contribution in [0.5, 0.6) is 5.75 Å². The van der Waals surface area contributed by atoms with Crippen molar-refractivity contribution in [2.75, 3.05) is 32.0 Å². The lowest BCUT2D eigenvalue weighted by Gasteiger charge is -2.35. The Morgan fingerprint density at radius 3 is 2.41 bits per heavy atom. The third-order valence-corrected chi connectivity index (χ3v) is 7.60. The molecule has 0 aromatic heterocycles. The summed E-state index contributed by atoms with van der Waals surface area (Å²) in [4.78, 5) is 25.8. The van der Waals surface area contributed by atoms with Crippen LogP contribution >= 0.6 is 0 Å². The number of nitrogen functional groups attached to an aromatic ring is 1. The third kappa shape index (κ3) is 9.05. The maximum absolute atomic E-state index is 12.8. The summed E-state index contributed by atoms with van der Waals surface area (Å²) in [6.07, 6.45) is 9.87. The average molecular weight is 561 g/mol. The Kier molecular flexibility index (Phi) is 10.8. The highest BCUT2D eigenvalue weighted by Gasteiger charge is 2.26. The van der Waals surface area contributed by atoms with Crippen LogP contribution in [0, 0.1) is 16.0 Å². The lowest BCUT2D eigenvalue weighted by molar-refractivity contribution is -0.383. The third-order valence-electron chi connectivity index (χ3n) is 6.73. The lowest BCUT2D eigenvalue weighted by atomic mass is 9.93. The summed E-state index contributed by atoms with van der Waals surface area (Å²) in [6.45, 7) is 5.14. The SMILES string of the molecule is CCOc1cc(N)c([N+](=O)[O-])cc1C(=O)NC1CCN(CC2CC=CCC2)CC1.O=S(=O)(O)c1ccccc1. The Bertz CT molecular complexity index is 1260. The quantitative estimate of drug-likeness (QED) is 0.142. The molecule has 1 saturated heterocycles. The van der Waals surface area contributed by atoms with Crippen LogP contribution in [0.1, 0.15) is 49.4 Å². The summed E-state index contributed by atoms with van der Waals surface area (Å²) in [6, 6.07) is 10.0.